The van der Waals surface area contributed by atoms with Crippen LogP contribution in [0.25, 0.3) is 0 Å². The Hall–Kier alpha value is -3.64. The van der Waals surface area contributed by atoms with E-state index in [0.29, 0.717) is 21.2 Å². The van der Waals surface area contributed by atoms with Crippen molar-refractivity contribution >= 4 is 35.3 Å². The highest BCUT2D eigenvalue weighted by atomic mass is 35.5. The smallest absolute Gasteiger partial charge is 0.408 e. The number of fused-ring (bicyclic) bond motifs is 3. The number of aromatic nitrogens is 1. The number of aliphatic imine (C=N–C) groups is 1. The molecule has 1 aromatic heterocycles. The molecule has 0 spiro atoms. The van der Waals surface area contributed by atoms with Gasteiger partial charge in [-0.3, -0.25) is 19.3 Å². The number of ether oxygens (including phenoxy) is 1. The van der Waals surface area contributed by atoms with E-state index in [-0.39, 0.29) is 11.7 Å². The van der Waals surface area contributed by atoms with Crippen molar-refractivity contribution in [2.45, 2.75) is 35.8 Å². The van der Waals surface area contributed by atoms with E-state index in [9.17, 15) is 22.8 Å². The van der Waals surface area contributed by atoms with Crippen molar-refractivity contribution in [2.24, 2.45) is 4.99 Å². The summed E-state index contributed by atoms with van der Waals surface area (Å²) in [6.07, 6.45) is -3.35. The number of thioether (sulfide) groups is 1. The first-order valence-corrected chi connectivity index (χ1v) is 14.0. The Morgan fingerprint density at radius 1 is 1.15 bits per heavy atom. The van der Waals surface area contributed by atoms with Crippen LogP contribution in [0.4, 0.5) is 13.2 Å². The molecular formula is C28H27ClF3N5O3S. The lowest BCUT2D eigenvalue weighted by atomic mass is 9.94. The third-order valence-electron chi connectivity index (χ3n) is 7.09. The molecule has 5 rings (SSSR count). The monoisotopic (exact) mass is 605 g/mol. The fraction of sp³-hybridized carbons (Fsp3) is 0.321. The van der Waals surface area contributed by atoms with Crippen molar-refractivity contribution in [3.8, 4) is 5.75 Å². The van der Waals surface area contributed by atoms with E-state index in [4.69, 9.17) is 16.3 Å². The number of nitrogens with zero attached hydrogens (tertiary/aromatic N) is 5. The number of carbonyl (C=O) groups excluding carboxylic acids is 1. The molecule has 3 heterocycles. The highest BCUT2D eigenvalue weighted by molar-refractivity contribution is 7.98. The summed E-state index contributed by atoms with van der Waals surface area (Å²) in [6, 6.07) is 11.4. The number of amides is 1. The van der Waals surface area contributed by atoms with Crippen molar-refractivity contribution < 1.29 is 22.7 Å². The number of benzene rings is 2. The maximum absolute atomic E-state index is 14.1. The third kappa shape index (κ3) is 5.14. The first-order chi connectivity index (χ1) is 19.4. The second kappa shape index (κ2) is 11.0. The number of rotatable bonds is 3. The number of halogens is 4. The van der Waals surface area contributed by atoms with Crippen LogP contribution in [0.5, 0.6) is 5.75 Å². The molecule has 2 aromatic carbocycles. The van der Waals surface area contributed by atoms with Gasteiger partial charge in [-0.05, 0) is 30.2 Å². The number of hydrogen-bond acceptors (Lipinski definition) is 6. The predicted octanol–water partition coefficient (Wildman–Crippen LogP) is 5.13. The molecule has 0 unspecified atom stereocenters. The molecule has 13 heteroatoms. The molecule has 0 saturated carbocycles. The van der Waals surface area contributed by atoms with E-state index in [1.165, 1.54) is 28.9 Å². The zero-order valence-electron chi connectivity index (χ0n) is 22.6. The minimum atomic E-state index is -4.73. The normalized spacial score (nSPS) is 17.8. The third-order valence-corrected chi connectivity index (χ3v) is 8.56. The van der Waals surface area contributed by atoms with Crippen LogP contribution >= 0.6 is 23.4 Å². The SMILES string of the molecule is CN=C(Oc1c2n(ccc1=O)N([C@@H]1c3ccccc3SCc3cccc(Cl)c31)CN([C@H](C)C(F)(F)F)C2=O)N(C)C. The van der Waals surface area contributed by atoms with E-state index < -0.39 is 42.0 Å². The van der Waals surface area contributed by atoms with Crippen molar-refractivity contribution in [1.29, 1.82) is 0 Å². The molecule has 2 atom stereocenters. The number of carbonyl (C=O) groups is 1. The highest BCUT2D eigenvalue weighted by Gasteiger charge is 2.48. The van der Waals surface area contributed by atoms with Crippen molar-refractivity contribution in [3.05, 3.63) is 92.4 Å². The molecule has 41 heavy (non-hydrogen) atoms. The maximum Gasteiger partial charge on any atom is 0.408 e. The molecule has 2 aliphatic rings. The molecule has 0 N–H and O–H groups in total. The fourth-order valence-corrected chi connectivity index (χ4v) is 6.40. The molecule has 3 aromatic rings. The second-order valence-electron chi connectivity index (χ2n) is 9.82. The van der Waals surface area contributed by atoms with Crippen LogP contribution in [0.1, 0.15) is 40.1 Å². The van der Waals surface area contributed by atoms with E-state index in [0.717, 1.165) is 22.9 Å². The quantitative estimate of drug-likeness (QED) is 0.305. The lowest BCUT2D eigenvalue weighted by molar-refractivity contribution is -0.173. The Kier molecular flexibility index (Phi) is 7.73. The van der Waals surface area contributed by atoms with Crippen LogP contribution < -0.4 is 15.2 Å². The molecule has 0 bridgehead atoms. The van der Waals surface area contributed by atoms with Gasteiger partial charge in [0.15, 0.2) is 5.69 Å². The molecule has 0 fully saturated rings. The zero-order valence-corrected chi connectivity index (χ0v) is 24.2. The Balaban J connectivity index is 1.81. The summed E-state index contributed by atoms with van der Waals surface area (Å²) < 4.78 is 49.7. The van der Waals surface area contributed by atoms with Gasteiger partial charge in [-0.2, -0.15) is 13.2 Å². The topological polar surface area (TPSA) is 70.4 Å². The van der Waals surface area contributed by atoms with Crippen molar-refractivity contribution in [2.75, 3.05) is 32.8 Å². The summed E-state index contributed by atoms with van der Waals surface area (Å²) in [5.41, 5.74) is 1.39. The lowest BCUT2D eigenvalue weighted by Gasteiger charge is -2.46. The molecule has 0 radical (unpaired) electrons. The number of alkyl halides is 3. The summed E-state index contributed by atoms with van der Waals surface area (Å²) in [5, 5.41) is 2.06. The highest BCUT2D eigenvalue weighted by Crippen LogP contribution is 2.45. The Labute approximate surface area is 243 Å². The van der Waals surface area contributed by atoms with Crippen LogP contribution in [0.15, 0.2) is 69.4 Å². The van der Waals surface area contributed by atoms with Gasteiger partial charge in [0.1, 0.15) is 18.8 Å². The number of amidine groups is 1. The van der Waals surface area contributed by atoms with Gasteiger partial charge in [-0.25, -0.2) is 4.99 Å². The maximum atomic E-state index is 14.1. The largest absolute Gasteiger partial charge is 0.419 e. The molecule has 0 saturated heterocycles. The van der Waals surface area contributed by atoms with Crippen LogP contribution in [0.2, 0.25) is 5.02 Å². The molecule has 1 amide bonds. The summed E-state index contributed by atoms with van der Waals surface area (Å²) in [5.74, 6) is -0.834. The minimum Gasteiger partial charge on any atom is -0.419 e. The summed E-state index contributed by atoms with van der Waals surface area (Å²) in [7, 11) is 4.69. The molecule has 216 valence electrons. The molecule has 2 aliphatic heterocycles. The van der Waals surface area contributed by atoms with Crippen LogP contribution in [0.3, 0.4) is 0 Å². The van der Waals surface area contributed by atoms with E-state index >= 15 is 0 Å². The van der Waals surface area contributed by atoms with Gasteiger partial charge in [0.05, 0.1) is 0 Å². The fourth-order valence-electron chi connectivity index (χ4n) is 5.02. The first kappa shape index (κ1) is 28.9. The van der Waals surface area contributed by atoms with E-state index in [2.05, 4.69) is 4.99 Å². The van der Waals surface area contributed by atoms with Gasteiger partial charge >= 0.3 is 6.18 Å². The van der Waals surface area contributed by atoms with Gasteiger partial charge < -0.3 is 14.5 Å². The average Bonchev–Trinajstić information content (AvgIpc) is 3.09. The minimum absolute atomic E-state index is 0.000968. The number of pyridine rings is 1. The van der Waals surface area contributed by atoms with Crippen molar-refractivity contribution in [1.82, 2.24) is 14.5 Å². The number of hydrogen-bond donors (Lipinski definition) is 0. The molecule has 0 aliphatic carbocycles. The Bertz CT molecular complexity index is 1590. The van der Waals surface area contributed by atoms with Gasteiger partial charge in [-0.15, -0.1) is 11.8 Å². The van der Waals surface area contributed by atoms with Gasteiger partial charge in [-0.1, -0.05) is 41.9 Å². The summed E-state index contributed by atoms with van der Waals surface area (Å²) in [4.78, 5) is 34.1. The molecule has 8 nitrogen and oxygen atoms in total. The summed E-state index contributed by atoms with van der Waals surface area (Å²) >= 11 is 8.39. The second-order valence-corrected chi connectivity index (χ2v) is 11.2. The van der Waals surface area contributed by atoms with Crippen LogP contribution in [0, 0.1) is 0 Å². The van der Waals surface area contributed by atoms with E-state index in [1.54, 1.807) is 36.9 Å². The summed E-state index contributed by atoms with van der Waals surface area (Å²) in [6.45, 7) is 0.482. The molecular weight excluding hydrogens is 579 g/mol. The lowest BCUT2D eigenvalue weighted by Crippen LogP contribution is -2.60. The van der Waals surface area contributed by atoms with Gasteiger partial charge in [0, 0.05) is 54.6 Å². The predicted molar refractivity (Wildman–Crippen MR) is 152 cm³/mol. The Morgan fingerprint density at radius 2 is 1.88 bits per heavy atom. The van der Waals surface area contributed by atoms with E-state index in [1.807, 2.05) is 36.4 Å². The zero-order chi connectivity index (χ0) is 29.6. The van der Waals surface area contributed by atoms with Gasteiger partial charge in [0.2, 0.25) is 11.2 Å². The standard InChI is InChI=1S/C28H27ClF3N5O3S/c1-16(28(30,31)32)35-15-37(36-13-12-20(38)25(24(36)26(35)39)40-27(33-2)34(3)4)23-18-9-5-6-11-21(18)41-14-17-8-7-10-19(29)22(17)23/h5-13,16,23H,14-15H2,1-4H3/t16-,23-/m1/s1. The van der Waals surface area contributed by atoms with Crippen molar-refractivity contribution in [3.63, 3.8) is 0 Å². The first-order valence-electron chi connectivity index (χ1n) is 12.6. The van der Waals surface area contributed by atoms with Gasteiger partial charge in [0.25, 0.3) is 11.9 Å². The van der Waals surface area contributed by atoms with Crippen LogP contribution in [-0.4, -0.2) is 66.4 Å². The van der Waals surface area contributed by atoms with Crippen LogP contribution in [-0.2, 0) is 5.75 Å². The Morgan fingerprint density at radius 3 is 2.56 bits per heavy atom. The average molecular weight is 606 g/mol.